The van der Waals surface area contributed by atoms with Gasteiger partial charge in [0.1, 0.15) is 11.5 Å². The molecule has 148 valence electrons. The van der Waals surface area contributed by atoms with E-state index in [4.69, 9.17) is 8.83 Å². The normalized spacial score (nSPS) is 11.0. The van der Waals surface area contributed by atoms with Crippen LogP contribution in [0.2, 0.25) is 0 Å². The lowest BCUT2D eigenvalue weighted by Crippen LogP contribution is -2.10. The molecule has 0 radical (unpaired) electrons. The smallest absolute Gasteiger partial charge is 0.291 e. The second kappa shape index (κ2) is 7.43. The van der Waals surface area contributed by atoms with Crippen LogP contribution < -0.4 is 5.32 Å². The van der Waals surface area contributed by atoms with Crippen molar-refractivity contribution in [1.29, 1.82) is 0 Å². The van der Waals surface area contributed by atoms with Gasteiger partial charge in [-0.2, -0.15) is 5.10 Å². The highest BCUT2D eigenvalue weighted by Gasteiger charge is 2.15. The van der Waals surface area contributed by atoms with Crippen LogP contribution in [-0.4, -0.2) is 20.7 Å². The molecule has 1 aromatic carbocycles. The highest BCUT2D eigenvalue weighted by Crippen LogP contribution is 2.24. The number of carbonyl (C=O) groups is 1. The molecule has 3 aromatic heterocycles. The van der Waals surface area contributed by atoms with Gasteiger partial charge in [0.2, 0.25) is 5.89 Å². The molecule has 0 aliphatic rings. The number of aromatic nitrogens is 3. The van der Waals surface area contributed by atoms with E-state index in [1.807, 2.05) is 30.7 Å². The van der Waals surface area contributed by atoms with Gasteiger partial charge in [0, 0.05) is 16.9 Å². The Balaban J connectivity index is 1.51. The van der Waals surface area contributed by atoms with Gasteiger partial charge in [0.25, 0.3) is 5.91 Å². The number of rotatable bonds is 5. The van der Waals surface area contributed by atoms with E-state index in [1.54, 1.807) is 24.3 Å². The van der Waals surface area contributed by atoms with E-state index >= 15 is 0 Å². The number of carbonyl (C=O) groups excluding carboxylic acids is 1. The topological polar surface area (TPSA) is 86.1 Å². The summed E-state index contributed by atoms with van der Waals surface area (Å²) in [6.45, 7) is 8.60. The van der Waals surface area contributed by atoms with Crippen LogP contribution in [0.1, 0.15) is 39.0 Å². The second-order valence-corrected chi connectivity index (χ2v) is 6.98. The number of nitrogens with zero attached hydrogens (tertiary/aromatic N) is 3. The van der Waals surface area contributed by atoms with Gasteiger partial charge >= 0.3 is 0 Å². The predicted octanol–water partition coefficient (Wildman–Crippen LogP) is 4.67. The lowest BCUT2D eigenvalue weighted by Gasteiger charge is -2.03. The van der Waals surface area contributed by atoms with Crippen LogP contribution in [0.4, 0.5) is 5.69 Å². The van der Waals surface area contributed by atoms with Crippen molar-refractivity contribution in [3.05, 3.63) is 76.8 Å². The molecule has 0 spiro atoms. The van der Waals surface area contributed by atoms with Crippen molar-refractivity contribution in [2.24, 2.45) is 0 Å². The minimum absolute atomic E-state index is 0.265. The fraction of sp³-hybridized carbons (Fsp3) is 0.227. The maximum atomic E-state index is 12.1. The quantitative estimate of drug-likeness (QED) is 0.535. The second-order valence-electron chi connectivity index (χ2n) is 6.98. The van der Waals surface area contributed by atoms with Crippen molar-refractivity contribution in [2.75, 3.05) is 5.32 Å². The number of amides is 1. The Morgan fingerprint density at radius 2 is 1.86 bits per heavy atom. The van der Waals surface area contributed by atoms with E-state index in [0.717, 1.165) is 28.4 Å². The monoisotopic (exact) mass is 390 g/mol. The maximum Gasteiger partial charge on any atom is 0.291 e. The Morgan fingerprint density at radius 3 is 2.48 bits per heavy atom. The molecule has 3 heterocycles. The molecule has 0 aliphatic heterocycles. The molecule has 1 N–H and O–H groups in total. The highest BCUT2D eigenvalue weighted by atomic mass is 16.4. The minimum atomic E-state index is -0.294. The molecule has 7 nitrogen and oxygen atoms in total. The molecule has 0 saturated heterocycles. The molecule has 0 fully saturated rings. The number of anilines is 1. The van der Waals surface area contributed by atoms with Gasteiger partial charge in [-0.15, -0.1) is 0 Å². The predicted molar refractivity (Wildman–Crippen MR) is 109 cm³/mol. The van der Waals surface area contributed by atoms with Crippen molar-refractivity contribution < 1.29 is 13.6 Å². The standard InChI is InChI=1S/C22H22N4O3/c1-13-14(2)25-26(15(13)3)12-19-16(4)29-22(24-19)17-7-9-18(10-8-17)23-21(27)20-6-5-11-28-20/h5-11H,12H2,1-4H3,(H,23,27). The average molecular weight is 390 g/mol. The van der Waals surface area contributed by atoms with Crippen molar-refractivity contribution in [2.45, 2.75) is 34.2 Å². The molecular formula is C22H22N4O3. The van der Waals surface area contributed by atoms with Crippen molar-refractivity contribution in [3.8, 4) is 11.5 Å². The van der Waals surface area contributed by atoms with Gasteiger partial charge < -0.3 is 14.2 Å². The third-order valence-corrected chi connectivity index (χ3v) is 5.07. The Hall–Kier alpha value is -3.61. The van der Waals surface area contributed by atoms with Crippen LogP contribution in [0.3, 0.4) is 0 Å². The summed E-state index contributed by atoms with van der Waals surface area (Å²) in [5.74, 6) is 1.28. The van der Waals surface area contributed by atoms with Crippen LogP contribution in [-0.2, 0) is 6.54 Å². The Bertz CT molecular complexity index is 1150. The van der Waals surface area contributed by atoms with Gasteiger partial charge in [0.05, 0.1) is 18.5 Å². The number of furan rings is 1. The zero-order valence-electron chi connectivity index (χ0n) is 16.8. The first-order valence-electron chi connectivity index (χ1n) is 9.34. The third-order valence-electron chi connectivity index (χ3n) is 5.07. The van der Waals surface area contributed by atoms with E-state index in [-0.39, 0.29) is 11.7 Å². The Morgan fingerprint density at radius 1 is 1.10 bits per heavy atom. The average Bonchev–Trinajstić information content (AvgIpc) is 3.42. The molecule has 0 atom stereocenters. The Kier molecular flexibility index (Phi) is 4.80. The first kappa shape index (κ1) is 18.7. The molecule has 29 heavy (non-hydrogen) atoms. The summed E-state index contributed by atoms with van der Waals surface area (Å²) in [7, 11) is 0. The number of nitrogens with one attached hydrogen (secondary N) is 1. The molecule has 0 unspecified atom stereocenters. The number of oxazole rings is 1. The fourth-order valence-electron chi connectivity index (χ4n) is 3.08. The molecule has 7 heteroatoms. The van der Waals surface area contributed by atoms with Gasteiger partial charge in [-0.1, -0.05) is 0 Å². The van der Waals surface area contributed by atoms with Crippen LogP contribution in [0.25, 0.3) is 11.5 Å². The SMILES string of the molecule is Cc1nn(Cc2nc(-c3ccc(NC(=O)c4ccco4)cc3)oc2C)c(C)c1C. The van der Waals surface area contributed by atoms with Gasteiger partial charge in [-0.25, -0.2) is 4.98 Å². The summed E-state index contributed by atoms with van der Waals surface area (Å²) >= 11 is 0. The minimum Gasteiger partial charge on any atom is -0.459 e. The molecule has 4 aromatic rings. The van der Waals surface area contributed by atoms with E-state index in [2.05, 4.69) is 29.2 Å². The Labute approximate surface area is 168 Å². The summed E-state index contributed by atoms with van der Waals surface area (Å²) in [6.07, 6.45) is 1.47. The summed E-state index contributed by atoms with van der Waals surface area (Å²) in [5, 5.41) is 7.37. The zero-order valence-corrected chi connectivity index (χ0v) is 16.8. The van der Waals surface area contributed by atoms with Crippen molar-refractivity contribution >= 4 is 11.6 Å². The largest absolute Gasteiger partial charge is 0.459 e. The van der Waals surface area contributed by atoms with E-state index in [9.17, 15) is 4.79 Å². The molecule has 1 amide bonds. The molecule has 0 bridgehead atoms. The van der Waals surface area contributed by atoms with Gasteiger partial charge in [-0.3, -0.25) is 9.48 Å². The summed E-state index contributed by atoms with van der Waals surface area (Å²) in [4.78, 5) is 16.7. The van der Waals surface area contributed by atoms with Crippen molar-refractivity contribution in [3.63, 3.8) is 0 Å². The number of benzene rings is 1. The van der Waals surface area contributed by atoms with E-state index in [1.165, 1.54) is 11.8 Å². The lowest BCUT2D eigenvalue weighted by atomic mass is 10.2. The summed E-state index contributed by atoms with van der Waals surface area (Å²) in [5.41, 5.74) is 5.69. The van der Waals surface area contributed by atoms with Crippen LogP contribution in [0.15, 0.2) is 51.5 Å². The van der Waals surface area contributed by atoms with Crippen LogP contribution >= 0.6 is 0 Å². The third kappa shape index (κ3) is 3.71. The number of hydrogen-bond donors (Lipinski definition) is 1. The molecule has 0 aliphatic carbocycles. The lowest BCUT2D eigenvalue weighted by molar-refractivity contribution is 0.0996. The maximum absolute atomic E-state index is 12.1. The van der Waals surface area contributed by atoms with Gasteiger partial charge in [0.15, 0.2) is 5.76 Å². The molecule has 0 saturated carbocycles. The highest BCUT2D eigenvalue weighted by molar-refractivity contribution is 6.02. The number of hydrogen-bond acceptors (Lipinski definition) is 5. The molecule has 4 rings (SSSR count). The summed E-state index contributed by atoms with van der Waals surface area (Å²) < 4.78 is 12.9. The first-order valence-corrected chi connectivity index (χ1v) is 9.34. The van der Waals surface area contributed by atoms with Crippen LogP contribution in [0.5, 0.6) is 0 Å². The van der Waals surface area contributed by atoms with Crippen molar-refractivity contribution in [1.82, 2.24) is 14.8 Å². The fourth-order valence-corrected chi connectivity index (χ4v) is 3.08. The summed E-state index contributed by atoms with van der Waals surface area (Å²) in [6, 6.07) is 10.6. The zero-order chi connectivity index (χ0) is 20.5. The van der Waals surface area contributed by atoms with E-state index < -0.39 is 0 Å². The number of aryl methyl sites for hydroxylation is 2. The van der Waals surface area contributed by atoms with Crippen LogP contribution in [0, 0.1) is 27.7 Å². The first-order chi connectivity index (χ1) is 13.9. The van der Waals surface area contributed by atoms with E-state index in [0.29, 0.717) is 18.1 Å². The van der Waals surface area contributed by atoms with Gasteiger partial charge in [-0.05, 0) is 69.7 Å². The molecular weight excluding hydrogens is 368 g/mol.